The van der Waals surface area contributed by atoms with Crippen molar-refractivity contribution >= 4 is 17.5 Å². The first-order chi connectivity index (χ1) is 10.9. The number of allylic oxidation sites excluding steroid dienone is 1. The standard InChI is InChI=1S/C20H30ClNO/c1-19-10-8-16-14(15(19)6-4-13(19)12-21)5-7-17-20(16,2)11-9-18(23)22(17)3/h12,14-17H,4-11H2,1-3H3/t14?,15?,16?,17-,19-,20-/m1/s1. The lowest BCUT2D eigenvalue weighted by Crippen LogP contribution is -2.61. The van der Waals surface area contributed by atoms with Gasteiger partial charge in [-0.2, -0.15) is 0 Å². The highest BCUT2D eigenvalue weighted by Crippen LogP contribution is 2.66. The molecule has 0 radical (unpaired) electrons. The second-order valence-corrected chi connectivity index (χ2v) is 9.33. The van der Waals surface area contributed by atoms with Crippen LogP contribution >= 0.6 is 11.6 Å². The van der Waals surface area contributed by atoms with Gasteiger partial charge in [-0.15, -0.1) is 0 Å². The van der Waals surface area contributed by atoms with Crippen LogP contribution in [-0.4, -0.2) is 23.9 Å². The summed E-state index contributed by atoms with van der Waals surface area (Å²) in [5.41, 5.74) is 4.08. The van der Waals surface area contributed by atoms with Crippen LogP contribution in [0.4, 0.5) is 0 Å². The Morgan fingerprint density at radius 2 is 1.87 bits per heavy atom. The number of hydrogen-bond donors (Lipinski definition) is 0. The Bertz CT molecular complexity index is 558. The molecule has 6 atom stereocenters. The number of nitrogens with zero attached hydrogens (tertiary/aromatic N) is 1. The molecule has 128 valence electrons. The van der Waals surface area contributed by atoms with Gasteiger partial charge < -0.3 is 4.90 Å². The molecular weight excluding hydrogens is 306 g/mol. The van der Waals surface area contributed by atoms with Gasteiger partial charge in [0.15, 0.2) is 0 Å². The maximum atomic E-state index is 12.2. The summed E-state index contributed by atoms with van der Waals surface area (Å²) < 4.78 is 0. The fourth-order valence-corrected chi connectivity index (χ4v) is 7.54. The van der Waals surface area contributed by atoms with E-state index in [4.69, 9.17) is 11.6 Å². The fraction of sp³-hybridized carbons (Fsp3) is 0.850. The van der Waals surface area contributed by atoms with Crippen molar-refractivity contribution in [2.24, 2.45) is 28.6 Å². The average molecular weight is 336 g/mol. The lowest BCUT2D eigenvalue weighted by Gasteiger charge is -2.61. The van der Waals surface area contributed by atoms with Crippen molar-refractivity contribution in [2.75, 3.05) is 7.05 Å². The number of rotatable bonds is 0. The Morgan fingerprint density at radius 3 is 2.61 bits per heavy atom. The lowest BCUT2D eigenvalue weighted by molar-refractivity contribution is -0.156. The Balaban J connectivity index is 1.66. The largest absolute Gasteiger partial charge is 0.342 e. The number of amides is 1. The molecule has 1 saturated heterocycles. The summed E-state index contributed by atoms with van der Waals surface area (Å²) in [5.74, 6) is 2.81. The van der Waals surface area contributed by atoms with Gasteiger partial charge in [-0.05, 0) is 73.5 Å². The molecule has 4 fully saturated rings. The minimum Gasteiger partial charge on any atom is -0.342 e. The molecule has 2 nitrogen and oxygen atoms in total. The molecule has 4 rings (SSSR count). The molecule has 3 unspecified atom stereocenters. The van der Waals surface area contributed by atoms with E-state index in [1.165, 1.54) is 44.1 Å². The lowest BCUT2D eigenvalue weighted by atomic mass is 9.47. The quantitative estimate of drug-likeness (QED) is 0.612. The van der Waals surface area contributed by atoms with E-state index in [1.807, 2.05) is 12.6 Å². The van der Waals surface area contributed by atoms with E-state index in [9.17, 15) is 4.79 Å². The summed E-state index contributed by atoms with van der Waals surface area (Å²) in [5, 5.41) is 0. The number of carbonyl (C=O) groups excluding carboxylic acids is 1. The topological polar surface area (TPSA) is 20.3 Å². The molecule has 1 aliphatic heterocycles. The van der Waals surface area contributed by atoms with Crippen LogP contribution in [-0.2, 0) is 4.79 Å². The van der Waals surface area contributed by atoms with Gasteiger partial charge in [0, 0.05) is 25.0 Å². The number of hydrogen-bond acceptors (Lipinski definition) is 1. The smallest absolute Gasteiger partial charge is 0.222 e. The van der Waals surface area contributed by atoms with Crippen LogP contribution in [0.3, 0.4) is 0 Å². The molecule has 3 aliphatic carbocycles. The Kier molecular flexibility index (Phi) is 3.65. The van der Waals surface area contributed by atoms with Gasteiger partial charge in [0.2, 0.25) is 5.91 Å². The molecule has 3 heteroatoms. The van der Waals surface area contributed by atoms with Crippen molar-refractivity contribution in [3.63, 3.8) is 0 Å². The highest BCUT2D eigenvalue weighted by Gasteiger charge is 2.59. The molecule has 0 bridgehead atoms. The highest BCUT2D eigenvalue weighted by atomic mass is 35.5. The summed E-state index contributed by atoms with van der Waals surface area (Å²) in [6.45, 7) is 4.97. The average Bonchev–Trinajstić information content (AvgIpc) is 2.88. The van der Waals surface area contributed by atoms with Crippen LogP contribution in [0.25, 0.3) is 0 Å². The van der Waals surface area contributed by atoms with Crippen LogP contribution in [0.2, 0.25) is 0 Å². The third kappa shape index (κ3) is 2.03. The minimum atomic E-state index is 0.334. The number of likely N-dealkylation sites (tertiary alicyclic amines) is 1. The predicted molar refractivity (Wildman–Crippen MR) is 94.1 cm³/mol. The predicted octanol–water partition coefficient (Wildman–Crippen LogP) is 4.97. The van der Waals surface area contributed by atoms with Gasteiger partial charge in [-0.3, -0.25) is 4.79 Å². The molecule has 3 saturated carbocycles. The van der Waals surface area contributed by atoms with Crippen molar-refractivity contribution in [1.29, 1.82) is 0 Å². The molecule has 0 aromatic heterocycles. The van der Waals surface area contributed by atoms with Crippen LogP contribution < -0.4 is 0 Å². The Hall–Kier alpha value is -0.500. The van der Waals surface area contributed by atoms with Gasteiger partial charge in [0.05, 0.1) is 0 Å². The van der Waals surface area contributed by atoms with E-state index in [0.717, 1.165) is 30.6 Å². The van der Waals surface area contributed by atoms with Crippen LogP contribution in [0.1, 0.15) is 65.2 Å². The van der Waals surface area contributed by atoms with Crippen molar-refractivity contribution in [3.8, 4) is 0 Å². The van der Waals surface area contributed by atoms with Gasteiger partial charge in [-0.25, -0.2) is 0 Å². The van der Waals surface area contributed by atoms with Gasteiger partial charge >= 0.3 is 0 Å². The van der Waals surface area contributed by atoms with Crippen LogP contribution in [0.15, 0.2) is 11.1 Å². The second-order valence-electron chi connectivity index (χ2n) is 9.11. The van der Waals surface area contributed by atoms with Gasteiger partial charge in [0.1, 0.15) is 0 Å². The third-order valence-corrected chi connectivity index (χ3v) is 8.80. The monoisotopic (exact) mass is 335 g/mol. The zero-order chi connectivity index (χ0) is 16.4. The number of piperidine rings is 1. The first kappa shape index (κ1) is 16.0. The number of fused-ring (bicyclic) bond motifs is 5. The summed E-state index contributed by atoms with van der Waals surface area (Å²) in [6, 6.07) is 0.471. The molecule has 23 heavy (non-hydrogen) atoms. The zero-order valence-corrected chi connectivity index (χ0v) is 15.5. The SMILES string of the molecule is CN1C(=O)CC[C@]2(C)C3CC[C@]4(C)C(=CCl)CCC4C3CC[C@@H]12. The molecule has 0 aromatic rings. The van der Waals surface area contributed by atoms with Gasteiger partial charge in [0.25, 0.3) is 0 Å². The molecule has 0 aromatic carbocycles. The summed E-state index contributed by atoms with van der Waals surface area (Å²) in [4.78, 5) is 14.3. The molecule has 1 amide bonds. The Labute approximate surface area is 145 Å². The highest BCUT2D eigenvalue weighted by molar-refractivity contribution is 6.25. The molecule has 0 N–H and O–H groups in total. The maximum absolute atomic E-state index is 12.2. The molecule has 1 heterocycles. The molecule has 4 aliphatic rings. The van der Waals surface area contributed by atoms with E-state index in [2.05, 4.69) is 18.7 Å². The Morgan fingerprint density at radius 1 is 1.09 bits per heavy atom. The number of halogens is 1. The first-order valence-corrected chi connectivity index (χ1v) is 9.91. The summed E-state index contributed by atoms with van der Waals surface area (Å²) >= 11 is 6.16. The first-order valence-electron chi connectivity index (χ1n) is 9.47. The van der Waals surface area contributed by atoms with Crippen molar-refractivity contribution in [1.82, 2.24) is 4.90 Å². The summed E-state index contributed by atoms with van der Waals surface area (Å²) in [6.07, 6.45) is 9.49. The van der Waals surface area contributed by atoms with E-state index < -0.39 is 0 Å². The third-order valence-electron chi connectivity index (χ3n) is 8.54. The van der Waals surface area contributed by atoms with E-state index in [-0.39, 0.29) is 0 Å². The van der Waals surface area contributed by atoms with Crippen molar-refractivity contribution < 1.29 is 4.79 Å². The zero-order valence-electron chi connectivity index (χ0n) is 14.8. The number of carbonyl (C=O) groups is 1. The second kappa shape index (κ2) is 5.25. The normalized spacial score (nSPS) is 51.4. The van der Waals surface area contributed by atoms with Crippen LogP contribution in [0, 0.1) is 28.6 Å². The van der Waals surface area contributed by atoms with E-state index >= 15 is 0 Å². The maximum Gasteiger partial charge on any atom is 0.222 e. The molecule has 0 spiro atoms. The van der Waals surface area contributed by atoms with E-state index in [1.54, 1.807) is 0 Å². The molecular formula is C20H30ClNO. The minimum absolute atomic E-state index is 0.334. The van der Waals surface area contributed by atoms with Crippen molar-refractivity contribution in [3.05, 3.63) is 11.1 Å². The summed E-state index contributed by atoms with van der Waals surface area (Å²) in [7, 11) is 2.04. The van der Waals surface area contributed by atoms with Crippen LogP contribution in [0.5, 0.6) is 0 Å². The van der Waals surface area contributed by atoms with Gasteiger partial charge in [-0.1, -0.05) is 31.0 Å². The van der Waals surface area contributed by atoms with Crippen molar-refractivity contribution in [2.45, 2.75) is 71.3 Å². The fourth-order valence-electron chi connectivity index (χ4n) is 7.18. The van der Waals surface area contributed by atoms with E-state index in [0.29, 0.717) is 22.8 Å².